The summed E-state index contributed by atoms with van der Waals surface area (Å²) >= 11 is 0. The summed E-state index contributed by atoms with van der Waals surface area (Å²) in [6, 6.07) is 9.41. The number of anilines is 1. The second-order valence-corrected chi connectivity index (χ2v) is 5.03. The Hall–Kier alpha value is -2.96. The van der Waals surface area contributed by atoms with Gasteiger partial charge < -0.3 is 4.42 Å². The van der Waals surface area contributed by atoms with Gasteiger partial charge in [0, 0.05) is 18.3 Å². The van der Waals surface area contributed by atoms with Gasteiger partial charge in [-0.3, -0.25) is 14.8 Å². The number of rotatable bonds is 3. The average molecular weight is 297 g/mol. The van der Waals surface area contributed by atoms with Gasteiger partial charge in [0.15, 0.2) is 5.69 Å². The number of benzene rings is 1. The zero-order chi connectivity index (χ0) is 15.7. The molecule has 2 heterocycles. The lowest BCUT2D eigenvalue weighted by molar-refractivity contribution is 0.101. The first-order valence-corrected chi connectivity index (χ1v) is 6.75. The van der Waals surface area contributed by atoms with Crippen molar-refractivity contribution in [3.05, 3.63) is 47.3 Å². The summed E-state index contributed by atoms with van der Waals surface area (Å²) in [5.74, 6) is -0.0321. The van der Waals surface area contributed by atoms with Gasteiger partial charge in [0.2, 0.25) is 5.89 Å². The number of hydrogen-bond acceptors (Lipinski definition) is 5. The van der Waals surface area contributed by atoms with E-state index in [9.17, 15) is 4.79 Å². The Morgan fingerprint density at radius 3 is 2.55 bits per heavy atom. The van der Waals surface area contributed by atoms with E-state index in [-0.39, 0.29) is 11.9 Å². The van der Waals surface area contributed by atoms with Crippen molar-refractivity contribution >= 4 is 11.9 Å². The summed E-state index contributed by atoms with van der Waals surface area (Å²) in [6.07, 6.45) is 0. The SMILES string of the molecule is Cc1ccc(-c2nnc(NC(=O)c3cc(C)n(C)n3)o2)cc1. The maximum atomic E-state index is 12.1. The molecule has 0 atom stereocenters. The number of nitrogens with one attached hydrogen (secondary N) is 1. The van der Waals surface area contributed by atoms with E-state index >= 15 is 0 Å². The normalized spacial score (nSPS) is 10.7. The first-order valence-electron chi connectivity index (χ1n) is 6.75. The lowest BCUT2D eigenvalue weighted by Gasteiger charge is -1.97. The third-order valence-electron chi connectivity index (χ3n) is 3.29. The fourth-order valence-electron chi connectivity index (χ4n) is 1.92. The molecule has 1 N–H and O–H groups in total. The molecule has 2 aromatic heterocycles. The van der Waals surface area contributed by atoms with Gasteiger partial charge in [0.05, 0.1) is 0 Å². The van der Waals surface area contributed by atoms with Gasteiger partial charge in [0.25, 0.3) is 5.91 Å². The topological polar surface area (TPSA) is 85.8 Å². The second-order valence-electron chi connectivity index (χ2n) is 5.03. The molecule has 0 saturated carbocycles. The van der Waals surface area contributed by atoms with E-state index < -0.39 is 0 Å². The molecule has 0 unspecified atom stereocenters. The zero-order valence-electron chi connectivity index (χ0n) is 12.5. The molecule has 0 aliphatic carbocycles. The minimum atomic E-state index is -0.386. The van der Waals surface area contributed by atoms with Crippen molar-refractivity contribution in [2.24, 2.45) is 7.05 Å². The summed E-state index contributed by atoms with van der Waals surface area (Å²) < 4.78 is 7.08. The van der Waals surface area contributed by atoms with Crippen molar-refractivity contribution in [1.82, 2.24) is 20.0 Å². The van der Waals surface area contributed by atoms with Crippen LogP contribution in [-0.2, 0) is 7.05 Å². The molecule has 3 aromatic rings. The molecule has 7 heteroatoms. The number of aryl methyl sites for hydroxylation is 3. The van der Waals surface area contributed by atoms with Crippen LogP contribution in [0.25, 0.3) is 11.5 Å². The number of carbonyl (C=O) groups is 1. The first kappa shape index (κ1) is 14.0. The molecule has 7 nitrogen and oxygen atoms in total. The highest BCUT2D eigenvalue weighted by Crippen LogP contribution is 2.20. The van der Waals surface area contributed by atoms with Gasteiger partial charge in [-0.05, 0) is 32.0 Å². The van der Waals surface area contributed by atoms with Crippen LogP contribution in [-0.4, -0.2) is 25.9 Å². The highest BCUT2D eigenvalue weighted by Gasteiger charge is 2.15. The van der Waals surface area contributed by atoms with Gasteiger partial charge >= 0.3 is 6.01 Å². The van der Waals surface area contributed by atoms with Gasteiger partial charge in [-0.15, -0.1) is 5.10 Å². The van der Waals surface area contributed by atoms with Crippen molar-refractivity contribution in [2.45, 2.75) is 13.8 Å². The third-order valence-corrected chi connectivity index (χ3v) is 3.29. The zero-order valence-corrected chi connectivity index (χ0v) is 12.5. The largest absolute Gasteiger partial charge is 0.403 e. The lowest BCUT2D eigenvalue weighted by atomic mass is 10.1. The molecule has 22 heavy (non-hydrogen) atoms. The lowest BCUT2D eigenvalue weighted by Crippen LogP contribution is -2.13. The molecule has 0 saturated heterocycles. The van der Waals surface area contributed by atoms with Crippen LogP contribution >= 0.6 is 0 Å². The first-order chi connectivity index (χ1) is 10.5. The molecular weight excluding hydrogens is 282 g/mol. The number of amides is 1. The quantitative estimate of drug-likeness (QED) is 0.802. The van der Waals surface area contributed by atoms with E-state index in [1.54, 1.807) is 17.8 Å². The molecule has 0 bridgehead atoms. The molecule has 0 aliphatic rings. The Bertz CT molecular complexity index is 797. The number of aromatic nitrogens is 4. The Labute approximate surface area is 127 Å². The highest BCUT2D eigenvalue weighted by atomic mass is 16.4. The average Bonchev–Trinajstić information content (AvgIpc) is 3.08. The molecule has 0 radical (unpaired) electrons. The van der Waals surface area contributed by atoms with Crippen molar-refractivity contribution in [2.75, 3.05) is 5.32 Å². The predicted octanol–water partition coefficient (Wildman–Crippen LogP) is 2.34. The van der Waals surface area contributed by atoms with E-state index in [0.717, 1.165) is 16.8 Å². The minimum absolute atomic E-state index is 0.0453. The van der Waals surface area contributed by atoms with Crippen LogP contribution in [0.5, 0.6) is 0 Å². The minimum Gasteiger partial charge on any atom is -0.403 e. The Morgan fingerprint density at radius 1 is 1.18 bits per heavy atom. The Balaban J connectivity index is 1.76. The number of hydrogen-bond donors (Lipinski definition) is 1. The van der Waals surface area contributed by atoms with Crippen LogP contribution in [0, 0.1) is 13.8 Å². The van der Waals surface area contributed by atoms with Crippen molar-refractivity contribution < 1.29 is 9.21 Å². The van der Waals surface area contributed by atoms with E-state index in [1.807, 2.05) is 38.1 Å². The summed E-state index contributed by atoms with van der Waals surface area (Å²) in [5.41, 5.74) is 3.13. The van der Waals surface area contributed by atoms with Gasteiger partial charge in [-0.1, -0.05) is 22.8 Å². The van der Waals surface area contributed by atoms with Gasteiger partial charge in [-0.25, -0.2) is 0 Å². The maximum absolute atomic E-state index is 12.1. The molecule has 0 fully saturated rings. The highest BCUT2D eigenvalue weighted by molar-refractivity contribution is 6.01. The monoisotopic (exact) mass is 297 g/mol. The summed E-state index contributed by atoms with van der Waals surface area (Å²) in [6.45, 7) is 3.87. The molecule has 3 rings (SSSR count). The molecule has 1 aromatic carbocycles. The van der Waals surface area contributed by atoms with Crippen molar-refractivity contribution in [1.29, 1.82) is 0 Å². The number of carbonyl (C=O) groups excluding carboxylic acids is 1. The van der Waals surface area contributed by atoms with Crippen molar-refractivity contribution in [3.63, 3.8) is 0 Å². The van der Waals surface area contributed by atoms with Gasteiger partial charge in [0.1, 0.15) is 0 Å². The molecule has 1 amide bonds. The van der Waals surface area contributed by atoms with Crippen LogP contribution in [0.3, 0.4) is 0 Å². The molecular formula is C15H15N5O2. The molecule has 0 spiro atoms. The van der Waals surface area contributed by atoms with E-state index in [1.165, 1.54) is 0 Å². The van der Waals surface area contributed by atoms with Crippen LogP contribution in [0.4, 0.5) is 6.01 Å². The third kappa shape index (κ3) is 2.73. The van der Waals surface area contributed by atoms with Crippen LogP contribution < -0.4 is 5.32 Å². The predicted molar refractivity (Wildman–Crippen MR) is 80.4 cm³/mol. The van der Waals surface area contributed by atoms with E-state index in [4.69, 9.17) is 4.42 Å². The van der Waals surface area contributed by atoms with Crippen LogP contribution in [0.1, 0.15) is 21.7 Å². The van der Waals surface area contributed by atoms with Crippen molar-refractivity contribution in [3.8, 4) is 11.5 Å². The van der Waals surface area contributed by atoms with E-state index in [2.05, 4.69) is 20.6 Å². The summed E-state index contributed by atoms with van der Waals surface area (Å²) in [4.78, 5) is 12.1. The second kappa shape index (κ2) is 5.44. The Kier molecular flexibility index (Phi) is 3.46. The number of nitrogens with zero attached hydrogens (tertiary/aromatic N) is 4. The summed E-state index contributed by atoms with van der Waals surface area (Å²) in [5, 5.41) is 14.4. The standard InChI is InChI=1S/C15H15N5O2/c1-9-4-6-11(7-5-9)14-17-18-15(22-14)16-13(21)12-8-10(2)20(3)19-12/h4-8H,1-3H3,(H,16,18,21). The molecule has 112 valence electrons. The van der Waals surface area contributed by atoms with Crippen LogP contribution in [0.2, 0.25) is 0 Å². The smallest absolute Gasteiger partial charge is 0.322 e. The van der Waals surface area contributed by atoms with Crippen LogP contribution in [0.15, 0.2) is 34.7 Å². The fourth-order valence-corrected chi connectivity index (χ4v) is 1.92. The Morgan fingerprint density at radius 2 is 1.91 bits per heavy atom. The molecule has 0 aliphatic heterocycles. The van der Waals surface area contributed by atoms with Gasteiger partial charge in [-0.2, -0.15) is 5.10 Å². The summed E-state index contributed by atoms with van der Waals surface area (Å²) in [7, 11) is 1.77. The van der Waals surface area contributed by atoms with E-state index in [0.29, 0.717) is 11.6 Å². The maximum Gasteiger partial charge on any atom is 0.322 e. The fraction of sp³-hybridized carbons (Fsp3) is 0.200.